The molecule has 2 atom stereocenters. The van der Waals surface area contributed by atoms with Gasteiger partial charge in [-0.2, -0.15) is 0 Å². The number of pyridine rings is 1. The summed E-state index contributed by atoms with van der Waals surface area (Å²) >= 11 is 0. The van der Waals surface area contributed by atoms with Crippen LogP contribution >= 0.6 is 0 Å². The van der Waals surface area contributed by atoms with Crippen molar-refractivity contribution in [2.45, 2.75) is 64.0 Å². The van der Waals surface area contributed by atoms with Gasteiger partial charge in [0.25, 0.3) is 0 Å². The van der Waals surface area contributed by atoms with Gasteiger partial charge in [-0.05, 0) is 62.3 Å². The molecule has 1 aliphatic carbocycles. The van der Waals surface area contributed by atoms with Gasteiger partial charge >= 0.3 is 0 Å². The van der Waals surface area contributed by atoms with Crippen molar-refractivity contribution in [3.05, 3.63) is 36.9 Å². The maximum absolute atomic E-state index is 9.59. The third kappa shape index (κ3) is 3.68. The Bertz CT molecular complexity index is 1270. The normalized spacial score (nSPS) is 22.4. The largest absolute Gasteiger partial charge is 0.396 e. The van der Waals surface area contributed by atoms with Gasteiger partial charge in [-0.1, -0.05) is 25.3 Å². The number of benzene rings is 1. The fourth-order valence-corrected chi connectivity index (χ4v) is 5.91. The second kappa shape index (κ2) is 8.45. The van der Waals surface area contributed by atoms with Crippen LogP contribution in [0, 0.1) is 5.92 Å². The lowest BCUT2D eigenvalue weighted by atomic mass is 9.92. The zero-order chi connectivity index (χ0) is 22.4. The molecule has 7 nitrogen and oxygen atoms in total. The molecule has 1 unspecified atom stereocenters. The molecule has 2 fully saturated rings. The molecule has 4 heterocycles. The summed E-state index contributed by atoms with van der Waals surface area (Å²) in [5.41, 5.74) is 6.21. The van der Waals surface area contributed by atoms with E-state index in [2.05, 4.69) is 50.6 Å². The van der Waals surface area contributed by atoms with Gasteiger partial charge in [-0.25, -0.2) is 15.0 Å². The van der Waals surface area contributed by atoms with Gasteiger partial charge < -0.3 is 19.6 Å². The Morgan fingerprint density at radius 1 is 1.09 bits per heavy atom. The number of nitrogens with zero attached hydrogens (tertiary/aromatic N) is 5. The van der Waals surface area contributed by atoms with Gasteiger partial charge in [0.05, 0.1) is 29.2 Å². The number of imidazole rings is 2. The molecule has 0 amide bonds. The molecule has 2 aliphatic rings. The molecule has 4 aromatic rings. The molecule has 33 heavy (non-hydrogen) atoms. The molecule has 1 saturated heterocycles. The summed E-state index contributed by atoms with van der Waals surface area (Å²) in [4.78, 5) is 19.8. The number of rotatable bonds is 4. The molecule has 172 valence electrons. The number of fused-ring (bicyclic) bond motifs is 2. The van der Waals surface area contributed by atoms with Crippen LogP contribution < -0.4 is 4.90 Å². The van der Waals surface area contributed by atoms with Gasteiger partial charge in [0.2, 0.25) is 0 Å². The first-order valence-corrected chi connectivity index (χ1v) is 12.4. The Morgan fingerprint density at radius 3 is 2.79 bits per heavy atom. The van der Waals surface area contributed by atoms with E-state index in [1.165, 1.54) is 37.6 Å². The fourth-order valence-electron chi connectivity index (χ4n) is 5.91. The van der Waals surface area contributed by atoms with Crippen molar-refractivity contribution in [1.82, 2.24) is 24.5 Å². The molecular weight excluding hydrogens is 412 g/mol. The molecule has 6 rings (SSSR count). The summed E-state index contributed by atoms with van der Waals surface area (Å²) in [5.74, 6) is 1.34. The predicted octanol–water partition coefficient (Wildman–Crippen LogP) is 5.08. The van der Waals surface area contributed by atoms with Gasteiger partial charge in [0.15, 0.2) is 5.65 Å². The van der Waals surface area contributed by atoms with E-state index in [-0.39, 0.29) is 6.61 Å². The van der Waals surface area contributed by atoms with E-state index in [1.54, 1.807) is 6.33 Å². The van der Waals surface area contributed by atoms with Crippen molar-refractivity contribution < 1.29 is 5.11 Å². The van der Waals surface area contributed by atoms with E-state index in [1.807, 2.05) is 6.33 Å². The summed E-state index contributed by atoms with van der Waals surface area (Å²) in [6.45, 7) is 3.39. The molecule has 0 radical (unpaired) electrons. The molecular formula is C26H32N6O. The standard InChI is InChI=1S/C26H32N6O/c1-17-11-18(14-33)9-10-31(17)24-13-21(25-26(30-24)28-15-27-25)19-7-8-23-22(12-19)29-16-32(23)20-5-3-2-4-6-20/h7-8,12-13,15-18,20,33H,2-6,9-11,14H2,1H3,(H,27,28,30)/t17-,18?/m0/s1. The van der Waals surface area contributed by atoms with E-state index in [9.17, 15) is 5.11 Å². The number of nitrogens with one attached hydrogen (secondary N) is 1. The summed E-state index contributed by atoms with van der Waals surface area (Å²) < 4.78 is 2.38. The maximum atomic E-state index is 9.59. The molecule has 1 aliphatic heterocycles. The predicted molar refractivity (Wildman–Crippen MR) is 131 cm³/mol. The Labute approximate surface area is 193 Å². The second-order valence-electron chi connectivity index (χ2n) is 9.89. The minimum absolute atomic E-state index is 0.267. The SMILES string of the molecule is C[C@H]1CC(CO)CCN1c1cc(-c2ccc3c(c2)ncn3C2CCCCC2)c2[nH]cnc2n1. The zero-order valence-electron chi connectivity index (χ0n) is 19.2. The molecule has 1 saturated carbocycles. The monoisotopic (exact) mass is 444 g/mol. The molecule has 7 heteroatoms. The highest BCUT2D eigenvalue weighted by atomic mass is 16.3. The number of hydrogen-bond donors (Lipinski definition) is 2. The highest BCUT2D eigenvalue weighted by Gasteiger charge is 2.27. The topological polar surface area (TPSA) is 82.9 Å². The van der Waals surface area contributed by atoms with Crippen LogP contribution in [0.3, 0.4) is 0 Å². The van der Waals surface area contributed by atoms with Crippen molar-refractivity contribution in [2.75, 3.05) is 18.1 Å². The Morgan fingerprint density at radius 2 is 1.97 bits per heavy atom. The number of H-pyrrole nitrogens is 1. The minimum Gasteiger partial charge on any atom is -0.396 e. The quantitative estimate of drug-likeness (QED) is 0.459. The van der Waals surface area contributed by atoms with E-state index in [0.717, 1.165) is 53.0 Å². The van der Waals surface area contributed by atoms with Crippen LogP contribution in [-0.2, 0) is 0 Å². The van der Waals surface area contributed by atoms with Crippen molar-refractivity contribution in [2.24, 2.45) is 5.92 Å². The van der Waals surface area contributed by atoms with Gasteiger partial charge in [0.1, 0.15) is 5.82 Å². The maximum Gasteiger partial charge on any atom is 0.180 e. The number of hydrogen-bond acceptors (Lipinski definition) is 5. The Kier molecular flexibility index (Phi) is 5.29. The van der Waals surface area contributed by atoms with Gasteiger partial charge in [-0.15, -0.1) is 0 Å². The molecule has 1 aromatic carbocycles. The molecule has 0 spiro atoms. The highest BCUT2D eigenvalue weighted by molar-refractivity contribution is 5.94. The number of aromatic amines is 1. The van der Waals surface area contributed by atoms with Gasteiger partial charge in [0, 0.05) is 30.8 Å². The number of piperidine rings is 1. The molecule has 0 bridgehead atoms. The minimum atomic E-state index is 0.267. The first kappa shape index (κ1) is 20.7. The molecule has 3 aromatic heterocycles. The van der Waals surface area contributed by atoms with E-state index < -0.39 is 0 Å². The van der Waals surface area contributed by atoms with E-state index in [0.29, 0.717) is 18.0 Å². The lowest BCUT2D eigenvalue weighted by Gasteiger charge is -2.38. The molecule has 2 N–H and O–H groups in total. The lowest BCUT2D eigenvalue weighted by molar-refractivity contribution is 0.190. The number of aliphatic hydroxyl groups is 1. The number of aromatic nitrogens is 5. The summed E-state index contributed by atoms with van der Waals surface area (Å²) in [6, 6.07) is 9.74. The highest BCUT2D eigenvalue weighted by Crippen LogP contribution is 2.36. The summed E-state index contributed by atoms with van der Waals surface area (Å²) in [7, 11) is 0. The van der Waals surface area contributed by atoms with Crippen LogP contribution in [0.2, 0.25) is 0 Å². The van der Waals surface area contributed by atoms with Crippen LogP contribution in [0.4, 0.5) is 5.82 Å². The smallest absolute Gasteiger partial charge is 0.180 e. The first-order chi connectivity index (χ1) is 16.2. The van der Waals surface area contributed by atoms with Crippen LogP contribution in [0.5, 0.6) is 0 Å². The number of anilines is 1. The summed E-state index contributed by atoms with van der Waals surface area (Å²) in [5, 5.41) is 9.59. The van der Waals surface area contributed by atoms with Crippen LogP contribution in [-0.4, -0.2) is 48.8 Å². The summed E-state index contributed by atoms with van der Waals surface area (Å²) in [6.07, 6.45) is 12.2. The van der Waals surface area contributed by atoms with Crippen LogP contribution in [0.1, 0.15) is 57.9 Å². The van der Waals surface area contributed by atoms with Crippen LogP contribution in [0.15, 0.2) is 36.9 Å². The average molecular weight is 445 g/mol. The second-order valence-corrected chi connectivity index (χ2v) is 9.89. The Balaban J connectivity index is 1.39. The third-order valence-electron chi connectivity index (χ3n) is 7.77. The fraction of sp³-hybridized carbons (Fsp3) is 0.500. The Hall–Kier alpha value is -2.93. The van der Waals surface area contributed by atoms with Crippen molar-refractivity contribution in [3.63, 3.8) is 0 Å². The van der Waals surface area contributed by atoms with Crippen LogP contribution in [0.25, 0.3) is 33.3 Å². The van der Waals surface area contributed by atoms with E-state index >= 15 is 0 Å². The van der Waals surface area contributed by atoms with Crippen molar-refractivity contribution in [3.8, 4) is 11.1 Å². The van der Waals surface area contributed by atoms with Crippen molar-refractivity contribution in [1.29, 1.82) is 0 Å². The third-order valence-corrected chi connectivity index (χ3v) is 7.77. The average Bonchev–Trinajstić information content (AvgIpc) is 3.50. The van der Waals surface area contributed by atoms with E-state index in [4.69, 9.17) is 9.97 Å². The zero-order valence-corrected chi connectivity index (χ0v) is 19.2. The van der Waals surface area contributed by atoms with Gasteiger partial charge in [-0.3, -0.25) is 0 Å². The number of aliphatic hydroxyl groups excluding tert-OH is 1. The van der Waals surface area contributed by atoms with Crippen molar-refractivity contribution >= 4 is 28.0 Å². The first-order valence-electron chi connectivity index (χ1n) is 12.4. The lowest BCUT2D eigenvalue weighted by Crippen LogP contribution is -2.42.